The normalized spacial score (nSPS) is 11.9. The number of aromatic nitrogens is 1. The molecule has 1 heterocycles. The highest BCUT2D eigenvalue weighted by Gasteiger charge is 2.18. The van der Waals surface area contributed by atoms with Crippen LogP contribution < -0.4 is 10.7 Å². The molecule has 0 aliphatic heterocycles. The van der Waals surface area contributed by atoms with Gasteiger partial charge in [-0.05, 0) is 52.9 Å². The summed E-state index contributed by atoms with van der Waals surface area (Å²) in [5.41, 5.74) is 6.57. The fraction of sp³-hybridized carbons (Fsp3) is 0.0833. The summed E-state index contributed by atoms with van der Waals surface area (Å²) < 4.78 is 1.80. The zero-order valence-electron chi connectivity index (χ0n) is 15.2. The molecule has 0 atom stereocenters. The number of anilines is 1. The van der Waals surface area contributed by atoms with Gasteiger partial charge in [0, 0.05) is 23.3 Å². The van der Waals surface area contributed by atoms with Crippen molar-refractivity contribution < 1.29 is 4.79 Å². The molecular formula is C24H18N2O2. The van der Waals surface area contributed by atoms with Crippen molar-refractivity contribution >= 4 is 22.5 Å². The molecule has 5 rings (SSSR count). The third kappa shape index (κ3) is 2.79. The van der Waals surface area contributed by atoms with Crippen LogP contribution in [0.15, 0.2) is 83.8 Å². The van der Waals surface area contributed by atoms with E-state index in [1.807, 2.05) is 24.3 Å². The van der Waals surface area contributed by atoms with Crippen LogP contribution in [0.3, 0.4) is 0 Å². The summed E-state index contributed by atoms with van der Waals surface area (Å²) in [7, 11) is 0. The number of benzene rings is 3. The fourth-order valence-corrected chi connectivity index (χ4v) is 3.98. The SMILES string of the molecule is O=C(Cn1ccc(=O)c2ccccc21)Nc1ccc2c(c1)Cc1ccccc1-2. The first-order valence-corrected chi connectivity index (χ1v) is 9.28. The molecule has 4 aromatic rings. The molecule has 1 aromatic heterocycles. The molecule has 4 nitrogen and oxygen atoms in total. The molecule has 0 radical (unpaired) electrons. The van der Waals surface area contributed by atoms with E-state index in [2.05, 4.69) is 41.7 Å². The summed E-state index contributed by atoms with van der Waals surface area (Å²) in [5.74, 6) is -0.121. The van der Waals surface area contributed by atoms with Crippen LogP contribution in [0.5, 0.6) is 0 Å². The van der Waals surface area contributed by atoms with Gasteiger partial charge < -0.3 is 9.88 Å². The Morgan fingerprint density at radius 1 is 0.893 bits per heavy atom. The molecule has 136 valence electrons. The van der Waals surface area contributed by atoms with Crippen LogP contribution in [-0.2, 0) is 17.8 Å². The van der Waals surface area contributed by atoms with Crippen molar-refractivity contribution in [2.45, 2.75) is 13.0 Å². The van der Waals surface area contributed by atoms with Gasteiger partial charge in [0.15, 0.2) is 5.43 Å². The van der Waals surface area contributed by atoms with Gasteiger partial charge in [0.1, 0.15) is 6.54 Å². The lowest BCUT2D eigenvalue weighted by atomic mass is 10.1. The second-order valence-corrected chi connectivity index (χ2v) is 7.08. The molecule has 0 saturated carbocycles. The van der Waals surface area contributed by atoms with Crippen LogP contribution in [0.1, 0.15) is 11.1 Å². The van der Waals surface area contributed by atoms with Gasteiger partial charge in [-0.15, -0.1) is 0 Å². The Labute approximate surface area is 162 Å². The van der Waals surface area contributed by atoms with Gasteiger partial charge in [-0.25, -0.2) is 0 Å². The van der Waals surface area contributed by atoms with Crippen LogP contribution in [0.25, 0.3) is 22.0 Å². The summed E-state index contributed by atoms with van der Waals surface area (Å²) >= 11 is 0. The quantitative estimate of drug-likeness (QED) is 0.520. The number of carbonyl (C=O) groups excluding carboxylic acids is 1. The molecule has 1 aliphatic carbocycles. The molecule has 0 bridgehead atoms. The van der Waals surface area contributed by atoms with Crippen molar-refractivity contribution in [3.8, 4) is 11.1 Å². The van der Waals surface area contributed by atoms with Gasteiger partial charge in [0.25, 0.3) is 0 Å². The van der Waals surface area contributed by atoms with Gasteiger partial charge in [-0.3, -0.25) is 9.59 Å². The van der Waals surface area contributed by atoms with Crippen LogP contribution in [-0.4, -0.2) is 10.5 Å². The van der Waals surface area contributed by atoms with E-state index in [4.69, 9.17) is 0 Å². The first-order valence-electron chi connectivity index (χ1n) is 9.28. The van der Waals surface area contributed by atoms with E-state index in [0.717, 1.165) is 17.6 Å². The number of pyridine rings is 1. The topological polar surface area (TPSA) is 51.1 Å². The zero-order chi connectivity index (χ0) is 19.1. The van der Waals surface area contributed by atoms with E-state index in [-0.39, 0.29) is 17.9 Å². The molecule has 1 amide bonds. The largest absolute Gasteiger partial charge is 0.338 e. The maximum Gasteiger partial charge on any atom is 0.244 e. The molecule has 1 N–H and O–H groups in total. The van der Waals surface area contributed by atoms with Crippen molar-refractivity contribution in [1.82, 2.24) is 4.57 Å². The Kier molecular flexibility index (Phi) is 3.83. The Balaban J connectivity index is 1.38. The van der Waals surface area contributed by atoms with Crippen molar-refractivity contribution in [2.75, 3.05) is 5.32 Å². The number of rotatable bonds is 3. The van der Waals surface area contributed by atoms with E-state index < -0.39 is 0 Å². The van der Waals surface area contributed by atoms with Crippen LogP contribution in [0.2, 0.25) is 0 Å². The summed E-state index contributed by atoms with van der Waals surface area (Å²) in [5, 5.41) is 3.61. The van der Waals surface area contributed by atoms with Crippen molar-refractivity contribution in [3.63, 3.8) is 0 Å². The van der Waals surface area contributed by atoms with Crippen LogP contribution in [0, 0.1) is 0 Å². The molecule has 0 unspecified atom stereocenters. The minimum atomic E-state index is -0.121. The summed E-state index contributed by atoms with van der Waals surface area (Å²) in [6, 6.07) is 23.3. The van der Waals surface area contributed by atoms with Crippen LogP contribution >= 0.6 is 0 Å². The summed E-state index contributed by atoms with van der Waals surface area (Å²) in [6.45, 7) is 0.151. The van der Waals surface area contributed by atoms with Gasteiger partial charge in [0.05, 0.1) is 5.52 Å². The lowest BCUT2D eigenvalue weighted by Gasteiger charge is -2.12. The van der Waals surface area contributed by atoms with Crippen LogP contribution in [0.4, 0.5) is 5.69 Å². The highest BCUT2D eigenvalue weighted by atomic mass is 16.2. The zero-order valence-corrected chi connectivity index (χ0v) is 15.2. The number of hydrogen-bond acceptors (Lipinski definition) is 2. The Morgan fingerprint density at radius 2 is 1.68 bits per heavy atom. The predicted octanol–water partition coefficient (Wildman–Crippen LogP) is 4.21. The minimum absolute atomic E-state index is 0.0366. The highest BCUT2D eigenvalue weighted by Crippen LogP contribution is 2.37. The summed E-state index contributed by atoms with van der Waals surface area (Å²) in [6.07, 6.45) is 2.56. The average Bonchev–Trinajstić information content (AvgIpc) is 3.08. The Morgan fingerprint density at radius 3 is 2.61 bits per heavy atom. The lowest BCUT2D eigenvalue weighted by molar-refractivity contribution is -0.116. The number of hydrogen-bond donors (Lipinski definition) is 1. The molecule has 0 saturated heterocycles. The van der Waals surface area contributed by atoms with E-state index in [1.165, 1.54) is 28.3 Å². The standard InChI is InChI=1S/C24H18N2O2/c27-23-11-12-26(22-8-4-3-7-21(22)23)15-24(28)25-18-9-10-20-17(14-18)13-16-5-1-2-6-19(16)20/h1-12,14H,13,15H2,(H,25,28). The van der Waals surface area contributed by atoms with Gasteiger partial charge in [0.2, 0.25) is 5.91 Å². The van der Waals surface area contributed by atoms with E-state index in [0.29, 0.717) is 5.39 Å². The van der Waals surface area contributed by atoms with Crippen molar-refractivity contribution in [3.05, 3.63) is 100 Å². The van der Waals surface area contributed by atoms with Gasteiger partial charge in [-0.2, -0.15) is 0 Å². The van der Waals surface area contributed by atoms with Crippen molar-refractivity contribution in [1.29, 1.82) is 0 Å². The molecular weight excluding hydrogens is 348 g/mol. The minimum Gasteiger partial charge on any atom is -0.338 e. The Hall–Kier alpha value is -3.66. The third-order valence-electron chi connectivity index (χ3n) is 5.28. The maximum absolute atomic E-state index is 12.6. The fourth-order valence-electron chi connectivity index (χ4n) is 3.98. The van der Waals surface area contributed by atoms with Crippen molar-refractivity contribution in [2.24, 2.45) is 0 Å². The second kappa shape index (κ2) is 6.50. The smallest absolute Gasteiger partial charge is 0.244 e. The number of amides is 1. The maximum atomic E-state index is 12.6. The number of nitrogens with one attached hydrogen (secondary N) is 1. The molecule has 4 heteroatoms. The monoisotopic (exact) mass is 366 g/mol. The molecule has 3 aromatic carbocycles. The number of carbonyl (C=O) groups is 1. The molecule has 0 spiro atoms. The first-order chi connectivity index (χ1) is 13.7. The van der Waals surface area contributed by atoms with E-state index in [1.54, 1.807) is 16.8 Å². The predicted molar refractivity (Wildman–Crippen MR) is 112 cm³/mol. The lowest BCUT2D eigenvalue weighted by Crippen LogP contribution is -2.20. The summed E-state index contributed by atoms with van der Waals surface area (Å²) in [4.78, 5) is 24.6. The second-order valence-electron chi connectivity index (χ2n) is 7.08. The third-order valence-corrected chi connectivity index (χ3v) is 5.28. The molecule has 28 heavy (non-hydrogen) atoms. The number of fused-ring (bicyclic) bond motifs is 4. The van der Waals surface area contributed by atoms with Gasteiger partial charge in [-0.1, -0.05) is 42.5 Å². The molecule has 1 aliphatic rings. The van der Waals surface area contributed by atoms with Gasteiger partial charge >= 0.3 is 0 Å². The average molecular weight is 366 g/mol. The molecule has 0 fully saturated rings. The highest BCUT2D eigenvalue weighted by molar-refractivity contribution is 5.92. The van der Waals surface area contributed by atoms with E-state index in [9.17, 15) is 9.59 Å². The Bertz CT molecular complexity index is 1290. The first kappa shape index (κ1) is 16.5. The van der Waals surface area contributed by atoms with E-state index >= 15 is 0 Å². The number of nitrogens with zero attached hydrogens (tertiary/aromatic N) is 1. The number of para-hydroxylation sites is 1.